The lowest BCUT2D eigenvalue weighted by Crippen LogP contribution is -2.26. The lowest BCUT2D eigenvalue weighted by molar-refractivity contribution is -0.128. The second-order valence-electron chi connectivity index (χ2n) is 12.3. The van der Waals surface area contributed by atoms with Crippen molar-refractivity contribution in [3.63, 3.8) is 0 Å². The molecule has 0 spiro atoms. The number of hydrogen-bond acceptors (Lipinski definition) is 7. The van der Waals surface area contributed by atoms with Crippen LogP contribution in [0.2, 0.25) is 5.02 Å². The molecule has 47 heavy (non-hydrogen) atoms. The number of halogens is 2. The molecule has 0 radical (unpaired) electrons. The number of fused-ring (bicyclic) bond motifs is 1. The third-order valence-electron chi connectivity index (χ3n) is 9.22. The van der Waals surface area contributed by atoms with Crippen molar-refractivity contribution in [2.24, 2.45) is 0 Å². The number of rotatable bonds is 13. The highest BCUT2D eigenvalue weighted by Crippen LogP contribution is 2.43. The first-order chi connectivity index (χ1) is 22.9. The van der Waals surface area contributed by atoms with E-state index in [0.29, 0.717) is 44.2 Å². The summed E-state index contributed by atoms with van der Waals surface area (Å²) in [6.07, 6.45) is 3.86. The highest BCUT2D eigenvalue weighted by atomic mass is 35.5. The van der Waals surface area contributed by atoms with E-state index in [1.165, 1.54) is 5.56 Å². The van der Waals surface area contributed by atoms with Gasteiger partial charge in [0.1, 0.15) is 25.1 Å². The quantitative estimate of drug-likeness (QED) is 0.144. The van der Waals surface area contributed by atoms with Gasteiger partial charge in [-0.3, -0.25) is 19.0 Å². The first kappa shape index (κ1) is 32.8. The van der Waals surface area contributed by atoms with Crippen LogP contribution in [0.15, 0.2) is 60.7 Å². The second-order valence-corrected chi connectivity index (χ2v) is 12.7. The van der Waals surface area contributed by atoms with Crippen molar-refractivity contribution in [1.82, 2.24) is 4.90 Å². The summed E-state index contributed by atoms with van der Waals surface area (Å²) in [6, 6.07) is 20.6. The molecule has 2 saturated heterocycles. The number of likely N-dealkylation sites (N-methyl/N-ethyl adjacent to an activating group) is 1. The van der Waals surface area contributed by atoms with Crippen LogP contribution in [0.5, 0.6) is 5.75 Å². The predicted octanol–water partition coefficient (Wildman–Crippen LogP) is 7.01. The van der Waals surface area contributed by atoms with E-state index in [4.69, 9.17) is 25.8 Å². The van der Waals surface area contributed by atoms with Crippen LogP contribution in [0.1, 0.15) is 47.9 Å². The highest BCUT2D eigenvalue weighted by Gasteiger charge is 2.27. The lowest BCUT2D eigenvalue weighted by atomic mass is 9.87. The largest absolute Gasteiger partial charge is 0.489 e. The minimum Gasteiger partial charge on any atom is -0.489 e. The fourth-order valence-corrected chi connectivity index (χ4v) is 7.08. The number of amides is 1. The van der Waals surface area contributed by atoms with Gasteiger partial charge in [-0.25, -0.2) is 4.79 Å². The number of nitrogens with zero attached hydrogens (tertiary/aromatic N) is 3. The number of alkyl halides is 1. The van der Waals surface area contributed by atoms with Gasteiger partial charge in [-0.1, -0.05) is 35.9 Å². The van der Waals surface area contributed by atoms with Crippen LogP contribution in [-0.4, -0.2) is 83.2 Å². The van der Waals surface area contributed by atoms with E-state index in [-0.39, 0.29) is 18.9 Å². The topological polar surface area (TPSA) is 71.6 Å². The molecule has 6 rings (SSSR count). The van der Waals surface area contributed by atoms with Crippen LogP contribution >= 0.6 is 11.6 Å². The molecule has 2 heterocycles. The average Bonchev–Trinajstić information content (AvgIpc) is 3.67. The van der Waals surface area contributed by atoms with Crippen LogP contribution in [0.3, 0.4) is 0 Å². The molecule has 3 aromatic carbocycles. The van der Waals surface area contributed by atoms with Crippen LogP contribution in [0.4, 0.5) is 20.6 Å². The van der Waals surface area contributed by atoms with Gasteiger partial charge in [-0.15, -0.1) is 0 Å². The predicted molar refractivity (Wildman–Crippen MR) is 183 cm³/mol. The summed E-state index contributed by atoms with van der Waals surface area (Å²) in [5.74, 6) is 0.814. The Bertz CT molecular complexity index is 1610. The van der Waals surface area contributed by atoms with Crippen LogP contribution in [-0.2, 0) is 20.7 Å². The molecule has 1 amide bonds. The van der Waals surface area contributed by atoms with E-state index >= 15 is 0 Å². The molecule has 0 aromatic heterocycles. The Hall–Kier alpha value is -4.08. The molecule has 2 aliphatic heterocycles. The summed E-state index contributed by atoms with van der Waals surface area (Å²) in [4.78, 5) is 28.9. The zero-order valence-electron chi connectivity index (χ0n) is 26.8. The molecular weight excluding hydrogens is 621 g/mol. The lowest BCUT2D eigenvalue weighted by Gasteiger charge is -2.22. The molecule has 8 nitrogen and oxygen atoms in total. The number of hydrogen-bond donors (Lipinski definition) is 0. The highest BCUT2D eigenvalue weighted by molar-refractivity contribution is 6.33. The van der Waals surface area contributed by atoms with Gasteiger partial charge in [-0.05, 0) is 102 Å². The normalized spacial score (nSPS) is 18.1. The van der Waals surface area contributed by atoms with Gasteiger partial charge < -0.3 is 19.1 Å². The number of benzene rings is 3. The van der Waals surface area contributed by atoms with Gasteiger partial charge >= 0.3 is 6.09 Å². The van der Waals surface area contributed by atoms with Gasteiger partial charge in [0.25, 0.3) is 6.47 Å². The first-order valence-corrected chi connectivity index (χ1v) is 16.8. The molecule has 0 saturated carbocycles. The molecular formula is C37H41ClFN3O5. The molecule has 0 N–H and O–H groups in total. The maximum absolute atomic E-state index is 12.7. The minimum absolute atomic E-state index is 0.0880. The number of ether oxygens (including phenoxy) is 3. The van der Waals surface area contributed by atoms with Crippen molar-refractivity contribution in [2.45, 2.75) is 38.2 Å². The van der Waals surface area contributed by atoms with Crippen molar-refractivity contribution in [3.8, 4) is 5.75 Å². The molecule has 1 atom stereocenters. The third kappa shape index (κ3) is 7.57. The zero-order chi connectivity index (χ0) is 32.8. The number of anilines is 2. The summed E-state index contributed by atoms with van der Waals surface area (Å²) < 4.78 is 29.1. The molecule has 248 valence electrons. The van der Waals surface area contributed by atoms with Gasteiger partial charge in [0, 0.05) is 38.1 Å². The molecule has 10 heteroatoms. The molecule has 0 bridgehead atoms. The van der Waals surface area contributed by atoms with Crippen LogP contribution < -0.4 is 14.5 Å². The Labute approximate surface area is 280 Å². The molecule has 3 aliphatic rings. The van der Waals surface area contributed by atoms with Gasteiger partial charge in [0.15, 0.2) is 0 Å². The van der Waals surface area contributed by atoms with Crippen molar-refractivity contribution >= 4 is 46.7 Å². The Morgan fingerprint density at radius 3 is 2.64 bits per heavy atom. The van der Waals surface area contributed by atoms with Crippen LogP contribution in [0.25, 0.3) is 11.1 Å². The van der Waals surface area contributed by atoms with Gasteiger partial charge in [0.2, 0.25) is 0 Å². The first-order valence-electron chi connectivity index (χ1n) is 16.4. The summed E-state index contributed by atoms with van der Waals surface area (Å²) in [7, 11) is 1.94. The van der Waals surface area contributed by atoms with Crippen molar-refractivity contribution in [3.05, 3.63) is 87.9 Å². The van der Waals surface area contributed by atoms with Gasteiger partial charge in [-0.2, -0.15) is 0 Å². The van der Waals surface area contributed by atoms with E-state index < -0.39 is 0 Å². The third-order valence-corrected chi connectivity index (χ3v) is 9.53. The Morgan fingerprint density at radius 2 is 1.89 bits per heavy atom. The maximum Gasteiger partial charge on any atom is 0.414 e. The van der Waals surface area contributed by atoms with Crippen molar-refractivity contribution < 1.29 is 28.2 Å². The van der Waals surface area contributed by atoms with Crippen LogP contribution in [0, 0.1) is 0 Å². The summed E-state index contributed by atoms with van der Waals surface area (Å²) in [6.45, 7) is 4.44. The fraction of sp³-hybridized carbons (Fsp3) is 0.405. The summed E-state index contributed by atoms with van der Waals surface area (Å²) in [5.41, 5.74) is 8.38. The second kappa shape index (κ2) is 15.2. The van der Waals surface area contributed by atoms with Crippen molar-refractivity contribution in [1.29, 1.82) is 0 Å². The molecule has 1 aliphatic carbocycles. The van der Waals surface area contributed by atoms with Crippen molar-refractivity contribution in [2.75, 3.05) is 69.5 Å². The standard InChI is InChI=1S/C37H41ClFN3O5/c1-40(18-20-45-25-43)28-8-13-33(35(38)23-28)34-5-2-4-27-22-29(42-19-21-46-37(42)44)9-12-32(27)36(34)26-6-10-30(11-7-26)47-31-14-17-41(24-31)16-3-15-39/h6-13,22-23,25,31H,2-5,14-21,24H2,1H3. The monoisotopic (exact) mass is 661 g/mol. The number of likely N-dealkylation sites (tertiary alicyclic amines) is 1. The Morgan fingerprint density at radius 1 is 1.06 bits per heavy atom. The Balaban J connectivity index is 1.35. The van der Waals surface area contributed by atoms with Gasteiger partial charge in [0.05, 0.1) is 24.8 Å². The van der Waals surface area contributed by atoms with E-state index in [0.717, 1.165) is 90.3 Å². The Kier molecular flexibility index (Phi) is 10.6. The van der Waals surface area contributed by atoms with E-state index in [9.17, 15) is 14.0 Å². The van der Waals surface area contributed by atoms with E-state index in [1.807, 2.05) is 36.2 Å². The number of carbonyl (C=O) groups is 2. The number of allylic oxidation sites excluding steroid dienone is 1. The summed E-state index contributed by atoms with van der Waals surface area (Å²) >= 11 is 7.04. The van der Waals surface area contributed by atoms with E-state index in [1.54, 1.807) is 4.90 Å². The summed E-state index contributed by atoms with van der Waals surface area (Å²) in [5, 5.41) is 0.650. The SMILES string of the molecule is CN(CCOC=O)c1ccc(C2=C(c3ccc(OC4CCN(CCCF)C4)cc3)c3ccc(N4CCOC4=O)cc3CCC2)c(Cl)c1. The number of aryl methyl sites for hydroxylation is 1. The number of carbonyl (C=O) groups excluding carboxylic acids is 2. The number of cyclic esters (lactones) is 1. The minimum atomic E-state index is -0.312. The molecule has 1 unspecified atom stereocenters. The molecule has 2 fully saturated rings. The van der Waals surface area contributed by atoms with E-state index in [2.05, 4.69) is 41.3 Å². The maximum atomic E-state index is 12.7. The fourth-order valence-electron chi connectivity index (χ4n) is 6.79. The zero-order valence-corrected chi connectivity index (χ0v) is 27.5. The average molecular weight is 662 g/mol. The molecule has 3 aromatic rings. The smallest absolute Gasteiger partial charge is 0.414 e.